The topological polar surface area (TPSA) is 215 Å². The van der Waals surface area contributed by atoms with E-state index in [4.69, 9.17) is 0 Å². The van der Waals surface area contributed by atoms with Crippen molar-refractivity contribution in [2.75, 3.05) is 78.5 Å². The van der Waals surface area contributed by atoms with Crippen molar-refractivity contribution in [2.24, 2.45) is 0 Å². The lowest BCUT2D eigenvalue weighted by Gasteiger charge is -2.33. The lowest BCUT2D eigenvalue weighted by Crippen LogP contribution is -2.52. The van der Waals surface area contributed by atoms with E-state index in [2.05, 4.69) is 10.2 Å². The maximum atomic E-state index is 12.9. The quantitative estimate of drug-likeness (QED) is 0.133. The lowest BCUT2D eigenvalue weighted by atomic mass is 9.78. The molecule has 0 spiro atoms. The van der Waals surface area contributed by atoms with Crippen LogP contribution in [0.1, 0.15) is 35.7 Å². The number of amides is 2. The second kappa shape index (κ2) is 17.9. The summed E-state index contributed by atoms with van der Waals surface area (Å²) in [6.07, 6.45) is 1.12. The molecule has 0 unspecified atom stereocenters. The number of nitrogens with one attached hydrogen (secondary N) is 1. The van der Waals surface area contributed by atoms with E-state index in [9.17, 15) is 49.3 Å². The Kier molecular flexibility index (Phi) is 14.4. The second-order valence-electron chi connectivity index (χ2n) is 11.8. The number of hydrogen-bond acceptors (Lipinski definition) is 11. The van der Waals surface area contributed by atoms with Crippen molar-refractivity contribution < 1.29 is 49.3 Å². The summed E-state index contributed by atoms with van der Waals surface area (Å²) in [4.78, 5) is 68.8. The molecule has 0 aromatic heterocycles. The molecule has 0 saturated carbocycles. The van der Waals surface area contributed by atoms with E-state index in [0.717, 1.165) is 5.56 Å². The molecule has 0 aliphatic carbocycles. The fourth-order valence-corrected chi connectivity index (χ4v) is 5.77. The van der Waals surface area contributed by atoms with Crippen LogP contribution < -0.4 is 5.32 Å². The van der Waals surface area contributed by atoms with Crippen LogP contribution in [0.3, 0.4) is 0 Å². The molecule has 254 valence electrons. The van der Waals surface area contributed by atoms with Gasteiger partial charge in [0.25, 0.3) is 5.91 Å². The highest BCUT2D eigenvalue weighted by molar-refractivity contribution is 6.43. The lowest BCUT2D eigenvalue weighted by molar-refractivity contribution is -0.140. The number of likely N-dealkylation sites (tertiary alicyclic amines) is 1. The highest BCUT2D eigenvalue weighted by atomic mass is 16.4. The summed E-state index contributed by atoms with van der Waals surface area (Å²) in [5.41, 5.74) is 1.20. The maximum absolute atomic E-state index is 12.9. The minimum absolute atomic E-state index is 0.205. The molecule has 17 heteroatoms. The Morgan fingerprint density at radius 3 is 1.59 bits per heavy atom. The predicted octanol–water partition coefficient (Wildman–Crippen LogP) is -2.22. The van der Waals surface area contributed by atoms with Gasteiger partial charge in [-0.05, 0) is 37.5 Å². The molecule has 6 N–H and O–H groups in total. The molecular formula is C29H45BN6O10. The molecule has 2 aliphatic heterocycles. The van der Waals surface area contributed by atoms with Gasteiger partial charge < -0.3 is 35.6 Å². The first kappa shape index (κ1) is 36.9. The molecule has 16 nitrogen and oxygen atoms in total. The number of carboxylic acid groups (broad SMARTS) is 3. The molecule has 2 amide bonds. The Morgan fingerprint density at radius 2 is 1.17 bits per heavy atom. The number of nitrogens with zero attached hydrogens (tertiary/aromatic N) is 5. The molecular weight excluding hydrogens is 603 g/mol. The van der Waals surface area contributed by atoms with Gasteiger partial charge >= 0.3 is 25.0 Å². The molecule has 2 aliphatic rings. The second-order valence-corrected chi connectivity index (χ2v) is 11.8. The third-order valence-corrected chi connectivity index (χ3v) is 8.27. The largest absolute Gasteiger partial charge is 0.480 e. The van der Waals surface area contributed by atoms with E-state index in [1.807, 2.05) is 0 Å². The maximum Gasteiger partial charge on any atom is 0.475 e. The van der Waals surface area contributed by atoms with Gasteiger partial charge in [-0.1, -0.05) is 12.1 Å². The van der Waals surface area contributed by atoms with Crippen LogP contribution >= 0.6 is 0 Å². The normalized spacial score (nSPS) is 20.3. The van der Waals surface area contributed by atoms with Crippen LogP contribution in [0.4, 0.5) is 0 Å². The summed E-state index contributed by atoms with van der Waals surface area (Å²) >= 11 is 0. The monoisotopic (exact) mass is 648 g/mol. The highest BCUT2D eigenvalue weighted by Gasteiger charge is 2.38. The number of rotatable bonds is 12. The van der Waals surface area contributed by atoms with Gasteiger partial charge in [0.1, 0.15) is 6.04 Å². The molecule has 2 fully saturated rings. The summed E-state index contributed by atoms with van der Waals surface area (Å²) in [6, 6.07) is 5.97. The van der Waals surface area contributed by atoms with E-state index < -0.39 is 42.9 Å². The van der Waals surface area contributed by atoms with Gasteiger partial charge in [0, 0.05) is 71.0 Å². The average molecular weight is 649 g/mol. The average Bonchev–Trinajstić information content (AvgIpc) is 3.48. The number of carbonyl (C=O) groups excluding carboxylic acids is 2. The van der Waals surface area contributed by atoms with Crippen molar-refractivity contribution in [3.8, 4) is 0 Å². The van der Waals surface area contributed by atoms with E-state index in [0.29, 0.717) is 83.9 Å². The Bertz CT molecular complexity index is 1170. The first-order valence-electron chi connectivity index (χ1n) is 15.4. The fourth-order valence-electron chi connectivity index (χ4n) is 5.77. The van der Waals surface area contributed by atoms with Crippen LogP contribution in [-0.2, 0) is 25.7 Å². The number of benzene rings is 1. The molecule has 0 bridgehead atoms. The van der Waals surface area contributed by atoms with E-state index in [-0.39, 0.29) is 25.5 Å². The van der Waals surface area contributed by atoms with Gasteiger partial charge in [-0.3, -0.25) is 43.6 Å². The first-order valence-corrected chi connectivity index (χ1v) is 15.4. The minimum Gasteiger partial charge on any atom is -0.480 e. The molecule has 2 heterocycles. The van der Waals surface area contributed by atoms with Crippen LogP contribution in [0.25, 0.3) is 0 Å². The van der Waals surface area contributed by atoms with E-state index in [1.165, 1.54) is 4.90 Å². The number of hydrogen-bond donors (Lipinski definition) is 6. The van der Waals surface area contributed by atoms with Crippen LogP contribution in [-0.4, -0.2) is 177 Å². The number of carbonyl (C=O) groups is 5. The van der Waals surface area contributed by atoms with Gasteiger partial charge in [0.2, 0.25) is 5.91 Å². The Balaban J connectivity index is 1.66. The third-order valence-electron chi connectivity index (χ3n) is 8.27. The summed E-state index contributed by atoms with van der Waals surface area (Å²) < 4.78 is 0. The SMILES string of the molecule is C[C@@H](NC(=O)c1ccc(CN2CCN(CC(=O)O)CCN(CC(=O)O)CCN(CC(=O)O)CC2)cc1)C(=O)N1CCC[C@H]1B(O)O. The number of carboxylic acids is 3. The van der Waals surface area contributed by atoms with Gasteiger partial charge in [0.05, 0.1) is 25.6 Å². The van der Waals surface area contributed by atoms with Crippen molar-refractivity contribution in [2.45, 2.75) is 38.3 Å². The third kappa shape index (κ3) is 12.0. The van der Waals surface area contributed by atoms with Crippen LogP contribution in [0.15, 0.2) is 24.3 Å². The van der Waals surface area contributed by atoms with Crippen molar-refractivity contribution in [3.63, 3.8) is 0 Å². The zero-order valence-electron chi connectivity index (χ0n) is 26.2. The Morgan fingerprint density at radius 1 is 0.739 bits per heavy atom. The van der Waals surface area contributed by atoms with Crippen LogP contribution in [0.2, 0.25) is 0 Å². The van der Waals surface area contributed by atoms with Crippen molar-refractivity contribution in [3.05, 3.63) is 35.4 Å². The zero-order valence-corrected chi connectivity index (χ0v) is 26.2. The van der Waals surface area contributed by atoms with Crippen LogP contribution in [0.5, 0.6) is 0 Å². The van der Waals surface area contributed by atoms with Crippen LogP contribution in [0, 0.1) is 0 Å². The molecule has 0 radical (unpaired) electrons. The predicted molar refractivity (Wildman–Crippen MR) is 166 cm³/mol. The van der Waals surface area contributed by atoms with Gasteiger partial charge in [-0.25, -0.2) is 0 Å². The number of aliphatic carboxylic acids is 3. The zero-order chi connectivity index (χ0) is 33.8. The molecule has 3 rings (SSSR count). The Labute approximate surface area is 268 Å². The molecule has 2 saturated heterocycles. The minimum atomic E-state index is -1.65. The fraction of sp³-hybridized carbons (Fsp3) is 0.621. The summed E-state index contributed by atoms with van der Waals surface area (Å²) in [5.74, 6) is -4.54. The van der Waals surface area contributed by atoms with Gasteiger partial charge in [-0.15, -0.1) is 0 Å². The smallest absolute Gasteiger partial charge is 0.475 e. The van der Waals surface area contributed by atoms with Crippen molar-refractivity contribution in [1.29, 1.82) is 0 Å². The summed E-state index contributed by atoms with van der Waals surface area (Å²) in [7, 11) is -1.65. The standard InChI is InChI=1S/C29H45BN6O10/c1-21(29(44)36-8-2-3-24(36)30(45)46)31-28(43)23-6-4-22(5-7-23)17-32-9-11-33(18-25(37)38)13-15-35(20-27(41)42)16-14-34(12-10-32)19-26(39)40/h4-7,21,24,45-46H,2-3,8-20H2,1H3,(H,31,43)(H,37,38)(H,39,40)(H,41,42)/t21-,24+/m1/s1. The summed E-state index contributed by atoms with van der Waals surface area (Å²) in [6.45, 7) is 4.75. The first-order chi connectivity index (χ1) is 21.8. The molecule has 1 aromatic carbocycles. The summed E-state index contributed by atoms with van der Waals surface area (Å²) in [5, 5.41) is 50.0. The molecule has 1 aromatic rings. The Hall–Kier alpha value is -3.61. The van der Waals surface area contributed by atoms with Crippen molar-refractivity contribution >= 4 is 36.8 Å². The molecule has 46 heavy (non-hydrogen) atoms. The van der Waals surface area contributed by atoms with Gasteiger partial charge in [-0.2, -0.15) is 0 Å². The van der Waals surface area contributed by atoms with Gasteiger partial charge in [0.15, 0.2) is 0 Å². The van der Waals surface area contributed by atoms with E-state index >= 15 is 0 Å². The van der Waals surface area contributed by atoms with Crippen molar-refractivity contribution in [1.82, 2.24) is 29.8 Å². The molecule has 2 atom stereocenters. The van der Waals surface area contributed by atoms with E-state index in [1.54, 1.807) is 45.9 Å². The highest BCUT2D eigenvalue weighted by Crippen LogP contribution is 2.19.